The molecule has 1 aromatic carbocycles. The summed E-state index contributed by atoms with van der Waals surface area (Å²) in [6.45, 7) is 2.18. The van der Waals surface area contributed by atoms with Crippen LogP contribution in [0.1, 0.15) is 24.1 Å². The van der Waals surface area contributed by atoms with Crippen LogP contribution in [0.25, 0.3) is 0 Å². The number of nitrogens with zero attached hydrogens (tertiary/aromatic N) is 4. The topological polar surface area (TPSA) is 72.4 Å². The molecule has 4 rings (SSSR count). The average molecular weight is 438 g/mol. The molecule has 1 aliphatic rings. The van der Waals surface area contributed by atoms with Crippen molar-refractivity contribution in [3.05, 3.63) is 71.8 Å². The fourth-order valence-corrected chi connectivity index (χ4v) is 3.84. The van der Waals surface area contributed by atoms with Crippen molar-refractivity contribution in [2.24, 2.45) is 0 Å². The van der Waals surface area contributed by atoms with Crippen molar-refractivity contribution in [1.82, 2.24) is 15.0 Å². The van der Waals surface area contributed by atoms with Gasteiger partial charge in [-0.3, -0.25) is 0 Å². The summed E-state index contributed by atoms with van der Waals surface area (Å²) >= 11 is 0. The van der Waals surface area contributed by atoms with E-state index in [1.807, 2.05) is 43.3 Å². The molecule has 3 aromatic rings. The highest BCUT2D eigenvalue weighted by Crippen LogP contribution is 2.35. The van der Waals surface area contributed by atoms with Gasteiger partial charge in [0.25, 0.3) is 0 Å². The molecule has 0 atom stereocenters. The second-order valence-electron chi connectivity index (χ2n) is 8.15. The molecule has 0 aliphatic carbocycles. The van der Waals surface area contributed by atoms with Crippen molar-refractivity contribution in [2.75, 3.05) is 44.1 Å². The van der Waals surface area contributed by atoms with Gasteiger partial charge in [0.05, 0.1) is 5.69 Å². The third kappa shape index (κ3) is 5.31. The summed E-state index contributed by atoms with van der Waals surface area (Å²) in [6.07, 6.45) is 3.31. The van der Waals surface area contributed by atoms with Gasteiger partial charge in [0.15, 0.2) is 0 Å². The van der Waals surface area contributed by atoms with E-state index in [9.17, 15) is 4.39 Å². The molecule has 0 amide bonds. The molecule has 1 saturated heterocycles. The molecule has 0 saturated carbocycles. The number of aromatic nitrogens is 3. The van der Waals surface area contributed by atoms with Gasteiger partial charge in [-0.15, -0.1) is 0 Å². The minimum absolute atomic E-state index is 0.223. The van der Waals surface area contributed by atoms with E-state index < -0.39 is 0 Å². The summed E-state index contributed by atoms with van der Waals surface area (Å²) in [5, 5.41) is 3.48. The summed E-state index contributed by atoms with van der Waals surface area (Å²) in [5.74, 6) is 1.60. The number of nitrogens with one attached hydrogen (secondary N) is 1. The Morgan fingerprint density at radius 3 is 2.66 bits per heavy atom. The second-order valence-corrected chi connectivity index (χ2v) is 8.15. The first-order valence-corrected chi connectivity index (χ1v) is 10.7. The van der Waals surface area contributed by atoms with E-state index in [1.54, 1.807) is 24.4 Å². The molecule has 1 N–H and O–H groups in total. The molecule has 0 radical (unpaired) electrons. The lowest BCUT2D eigenvalue weighted by Gasteiger charge is -2.38. The van der Waals surface area contributed by atoms with Crippen LogP contribution < -0.4 is 15.0 Å². The SMILES string of the molecule is CN(C)c1nc(COc2ccccn2)cc(NCC2(c3cccc(F)c3)CCOCC2)n1. The molecule has 3 heterocycles. The molecular weight excluding hydrogens is 409 g/mol. The van der Waals surface area contributed by atoms with Crippen molar-refractivity contribution in [3.8, 4) is 5.88 Å². The molecular formula is C24H28FN5O2. The van der Waals surface area contributed by atoms with Gasteiger partial charge in [-0.1, -0.05) is 18.2 Å². The van der Waals surface area contributed by atoms with E-state index in [4.69, 9.17) is 9.47 Å². The van der Waals surface area contributed by atoms with Gasteiger partial charge in [-0.25, -0.2) is 14.4 Å². The van der Waals surface area contributed by atoms with Gasteiger partial charge in [-0.2, -0.15) is 4.98 Å². The van der Waals surface area contributed by atoms with Crippen molar-refractivity contribution < 1.29 is 13.9 Å². The third-order valence-corrected chi connectivity index (χ3v) is 5.67. The highest BCUT2D eigenvalue weighted by Gasteiger charge is 2.34. The molecule has 2 aromatic heterocycles. The first-order valence-electron chi connectivity index (χ1n) is 10.7. The Hall–Kier alpha value is -3.26. The van der Waals surface area contributed by atoms with Crippen LogP contribution in [0.5, 0.6) is 5.88 Å². The minimum Gasteiger partial charge on any atom is -0.471 e. The molecule has 0 spiro atoms. The first-order chi connectivity index (χ1) is 15.5. The Balaban J connectivity index is 1.54. The summed E-state index contributed by atoms with van der Waals surface area (Å²) in [6, 6.07) is 14.3. The standard InChI is InChI=1S/C24H28FN5O2/c1-30(2)23-28-20(16-32-22-8-3-4-11-26-22)15-21(29-23)27-17-24(9-12-31-13-10-24)18-6-5-7-19(25)14-18/h3-8,11,14-15H,9-10,12-13,16-17H2,1-2H3,(H,27,28,29). The van der Waals surface area contributed by atoms with Crippen molar-refractivity contribution in [1.29, 1.82) is 0 Å². The first kappa shape index (κ1) is 22.0. The Bertz CT molecular complexity index is 1030. The number of hydrogen-bond donors (Lipinski definition) is 1. The van der Waals surface area contributed by atoms with E-state index in [2.05, 4.69) is 20.3 Å². The van der Waals surface area contributed by atoms with Crippen molar-refractivity contribution in [3.63, 3.8) is 0 Å². The Morgan fingerprint density at radius 1 is 1.09 bits per heavy atom. The van der Waals surface area contributed by atoms with Crippen LogP contribution >= 0.6 is 0 Å². The van der Waals surface area contributed by atoms with Crippen molar-refractivity contribution in [2.45, 2.75) is 24.9 Å². The number of hydrogen-bond acceptors (Lipinski definition) is 7. The quantitative estimate of drug-likeness (QED) is 0.574. The molecule has 32 heavy (non-hydrogen) atoms. The van der Waals surface area contributed by atoms with Crippen LogP contribution in [0.15, 0.2) is 54.7 Å². The number of halogens is 1. The third-order valence-electron chi connectivity index (χ3n) is 5.67. The summed E-state index contributed by atoms with van der Waals surface area (Å²) in [5.41, 5.74) is 1.49. The monoisotopic (exact) mass is 437 g/mol. The zero-order chi connectivity index (χ0) is 22.4. The molecule has 0 bridgehead atoms. The lowest BCUT2D eigenvalue weighted by molar-refractivity contribution is 0.0542. The lowest BCUT2D eigenvalue weighted by Crippen LogP contribution is -2.40. The van der Waals surface area contributed by atoms with E-state index in [0.717, 1.165) is 24.1 Å². The van der Waals surface area contributed by atoms with E-state index in [0.29, 0.717) is 37.4 Å². The summed E-state index contributed by atoms with van der Waals surface area (Å²) in [7, 11) is 3.80. The zero-order valence-corrected chi connectivity index (χ0v) is 18.4. The number of benzene rings is 1. The maximum Gasteiger partial charge on any atom is 0.227 e. The van der Waals surface area contributed by atoms with E-state index in [1.165, 1.54) is 6.07 Å². The van der Waals surface area contributed by atoms with Crippen LogP contribution in [-0.2, 0) is 16.8 Å². The Labute approximate surface area is 187 Å². The summed E-state index contributed by atoms with van der Waals surface area (Å²) in [4.78, 5) is 15.3. The Kier molecular flexibility index (Phi) is 6.80. The van der Waals surface area contributed by atoms with Gasteiger partial charge < -0.3 is 19.7 Å². The second kappa shape index (κ2) is 9.91. The smallest absolute Gasteiger partial charge is 0.227 e. The highest BCUT2D eigenvalue weighted by atomic mass is 19.1. The summed E-state index contributed by atoms with van der Waals surface area (Å²) < 4.78 is 25.3. The molecule has 168 valence electrons. The van der Waals surface area contributed by atoms with Crippen LogP contribution in [0.2, 0.25) is 0 Å². The predicted octanol–water partition coefficient (Wildman–Crippen LogP) is 3.82. The molecule has 0 unspecified atom stereocenters. The number of anilines is 2. The number of pyridine rings is 1. The van der Waals surface area contributed by atoms with Crippen molar-refractivity contribution >= 4 is 11.8 Å². The minimum atomic E-state index is -0.228. The van der Waals surface area contributed by atoms with E-state index in [-0.39, 0.29) is 17.8 Å². The largest absolute Gasteiger partial charge is 0.471 e. The van der Waals surface area contributed by atoms with Crippen LogP contribution in [0.3, 0.4) is 0 Å². The van der Waals surface area contributed by atoms with Gasteiger partial charge in [0.2, 0.25) is 11.8 Å². The normalized spacial score (nSPS) is 15.2. The average Bonchev–Trinajstić information content (AvgIpc) is 2.82. The molecule has 7 nitrogen and oxygen atoms in total. The van der Waals surface area contributed by atoms with E-state index >= 15 is 0 Å². The van der Waals surface area contributed by atoms with Crippen LogP contribution in [0.4, 0.5) is 16.2 Å². The predicted molar refractivity (Wildman–Crippen MR) is 122 cm³/mol. The van der Waals surface area contributed by atoms with Gasteiger partial charge in [0, 0.05) is 57.6 Å². The van der Waals surface area contributed by atoms with Crippen LogP contribution in [-0.4, -0.2) is 48.8 Å². The maximum absolute atomic E-state index is 14.0. The Morgan fingerprint density at radius 2 is 1.94 bits per heavy atom. The van der Waals surface area contributed by atoms with Gasteiger partial charge in [0.1, 0.15) is 18.2 Å². The molecule has 8 heteroatoms. The lowest BCUT2D eigenvalue weighted by atomic mass is 9.74. The fourth-order valence-electron chi connectivity index (χ4n) is 3.84. The van der Waals surface area contributed by atoms with Gasteiger partial charge in [-0.05, 0) is 36.6 Å². The van der Waals surface area contributed by atoms with Gasteiger partial charge >= 0.3 is 0 Å². The maximum atomic E-state index is 14.0. The number of rotatable bonds is 8. The highest BCUT2D eigenvalue weighted by molar-refractivity contribution is 5.44. The fraction of sp³-hybridized carbons (Fsp3) is 0.375. The van der Waals surface area contributed by atoms with Crippen LogP contribution in [0, 0.1) is 5.82 Å². The molecule has 1 fully saturated rings. The zero-order valence-electron chi connectivity index (χ0n) is 18.4. The number of ether oxygens (including phenoxy) is 2. The molecule has 1 aliphatic heterocycles.